The summed E-state index contributed by atoms with van der Waals surface area (Å²) < 4.78 is 5.57. The summed E-state index contributed by atoms with van der Waals surface area (Å²) in [4.78, 5) is 20.1. The second-order valence-corrected chi connectivity index (χ2v) is 4.06. The number of nitrogens with one attached hydrogen (secondary N) is 1. The zero-order valence-corrected chi connectivity index (χ0v) is 9.93. The lowest BCUT2D eigenvalue weighted by Crippen LogP contribution is -2.19. The Bertz CT molecular complexity index is 563. The lowest BCUT2D eigenvalue weighted by atomic mass is 10.2. The molecule has 0 spiro atoms. The molecule has 1 heterocycles. The standard InChI is InChI=1S/C12H15N3O2/c1-15(2)5-6-17-9-3-4-10-11(7-9)13-8-14-12(10)16/h3-4,7-8H,5-6H2,1-2H3,(H,13,14,16). The smallest absolute Gasteiger partial charge is 0.258 e. The van der Waals surface area contributed by atoms with Crippen LogP contribution >= 0.6 is 0 Å². The fourth-order valence-corrected chi connectivity index (χ4v) is 1.48. The molecule has 1 N–H and O–H groups in total. The van der Waals surface area contributed by atoms with E-state index in [2.05, 4.69) is 9.97 Å². The number of benzene rings is 1. The Labute approximate surface area is 99.0 Å². The molecule has 0 aliphatic carbocycles. The zero-order valence-electron chi connectivity index (χ0n) is 9.93. The minimum atomic E-state index is -0.130. The van der Waals surface area contributed by atoms with Gasteiger partial charge in [-0.25, -0.2) is 4.98 Å². The van der Waals surface area contributed by atoms with Crippen molar-refractivity contribution in [2.75, 3.05) is 27.2 Å². The molecule has 2 aromatic rings. The van der Waals surface area contributed by atoms with Gasteiger partial charge in [-0.05, 0) is 26.2 Å². The van der Waals surface area contributed by atoms with Crippen LogP contribution in [0.5, 0.6) is 5.75 Å². The average molecular weight is 233 g/mol. The largest absolute Gasteiger partial charge is 0.492 e. The molecule has 17 heavy (non-hydrogen) atoms. The fourth-order valence-electron chi connectivity index (χ4n) is 1.48. The second kappa shape index (κ2) is 4.97. The van der Waals surface area contributed by atoms with Crippen LogP contribution in [0, 0.1) is 0 Å². The van der Waals surface area contributed by atoms with Gasteiger partial charge in [0.2, 0.25) is 0 Å². The predicted octanol–water partition coefficient (Wildman–Crippen LogP) is 0.863. The summed E-state index contributed by atoms with van der Waals surface area (Å²) in [6.45, 7) is 1.46. The highest BCUT2D eigenvalue weighted by molar-refractivity contribution is 5.78. The number of hydrogen-bond acceptors (Lipinski definition) is 4. The van der Waals surface area contributed by atoms with E-state index in [0.29, 0.717) is 17.5 Å². The van der Waals surface area contributed by atoms with E-state index in [4.69, 9.17) is 4.74 Å². The molecule has 0 unspecified atom stereocenters. The highest BCUT2D eigenvalue weighted by Gasteiger charge is 2.01. The first-order valence-corrected chi connectivity index (χ1v) is 5.42. The minimum absolute atomic E-state index is 0.130. The Morgan fingerprint density at radius 2 is 2.24 bits per heavy atom. The molecule has 0 radical (unpaired) electrons. The number of aromatic amines is 1. The summed E-state index contributed by atoms with van der Waals surface area (Å²) in [5.41, 5.74) is 0.519. The summed E-state index contributed by atoms with van der Waals surface area (Å²) in [5, 5.41) is 0.576. The van der Waals surface area contributed by atoms with Gasteiger partial charge in [0, 0.05) is 12.6 Å². The van der Waals surface area contributed by atoms with Crippen molar-refractivity contribution in [3.63, 3.8) is 0 Å². The van der Waals surface area contributed by atoms with Crippen LogP contribution < -0.4 is 10.3 Å². The van der Waals surface area contributed by atoms with Crippen molar-refractivity contribution in [2.24, 2.45) is 0 Å². The molecule has 5 nitrogen and oxygen atoms in total. The molecule has 0 aliphatic rings. The summed E-state index contributed by atoms with van der Waals surface area (Å²) in [6.07, 6.45) is 1.40. The Kier molecular flexibility index (Phi) is 3.39. The lowest BCUT2D eigenvalue weighted by Gasteiger charge is -2.11. The number of fused-ring (bicyclic) bond motifs is 1. The molecule has 0 saturated heterocycles. The normalized spacial score (nSPS) is 11.0. The average Bonchev–Trinajstić information content (AvgIpc) is 2.29. The maximum Gasteiger partial charge on any atom is 0.258 e. The fraction of sp³-hybridized carbons (Fsp3) is 0.333. The van der Waals surface area contributed by atoms with Gasteiger partial charge in [0.15, 0.2) is 0 Å². The SMILES string of the molecule is CN(C)CCOc1ccc2c(=O)[nH]cnc2c1. The molecule has 0 fully saturated rings. The van der Waals surface area contributed by atoms with Crippen molar-refractivity contribution >= 4 is 10.9 Å². The van der Waals surface area contributed by atoms with Crippen LogP contribution in [0.15, 0.2) is 29.3 Å². The molecule has 0 saturated carbocycles. The Morgan fingerprint density at radius 1 is 1.41 bits per heavy atom. The number of hydrogen-bond donors (Lipinski definition) is 1. The van der Waals surface area contributed by atoms with Gasteiger partial charge >= 0.3 is 0 Å². The first-order valence-electron chi connectivity index (χ1n) is 5.42. The van der Waals surface area contributed by atoms with Crippen molar-refractivity contribution in [2.45, 2.75) is 0 Å². The molecule has 0 aliphatic heterocycles. The predicted molar refractivity (Wildman–Crippen MR) is 66.4 cm³/mol. The van der Waals surface area contributed by atoms with Gasteiger partial charge in [-0.1, -0.05) is 0 Å². The highest BCUT2D eigenvalue weighted by Crippen LogP contribution is 2.15. The third kappa shape index (κ3) is 2.82. The van der Waals surface area contributed by atoms with Crippen molar-refractivity contribution in [3.8, 4) is 5.75 Å². The summed E-state index contributed by atoms with van der Waals surface area (Å²) in [5.74, 6) is 0.734. The first kappa shape index (κ1) is 11.6. The van der Waals surface area contributed by atoms with E-state index in [1.54, 1.807) is 18.2 Å². The topological polar surface area (TPSA) is 58.2 Å². The maximum absolute atomic E-state index is 11.5. The van der Waals surface area contributed by atoms with Gasteiger partial charge in [-0.2, -0.15) is 0 Å². The lowest BCUT2D eigenvalue weighted by molar-refractivity contribution is 0.261. The summed E-state index contributed by atoms with van der Waals surface area (Å²) in [6, 6.07) is 5.29. The molecule has 0 atom stereocenters. The van der Waals surface area contributed by atoms with Crippen LogP contribution in [-0.2, 0) is 0 Å². The maximum atomic E-state index is 11.5. The van der Waals surface area contributed by atoms with Gasteiger partial charge < -0.3 is 14.6 Å². The Hall–Kier alpha value is -1.88. The van der Waals surface area contributed by atoms with E-state index in [1.807, 2.05) is 19.0 Å². The van der Waals surface area contributed by atoms with Crippen LogP contribution in [-0.4, -0.2) is 42.1 Å². The molecule has 1 aromatic heterocycles. The summed E-state index contributed by atoms with van der Waals surface area (Å²) in [7, 11) is 3.98. The molecular weight excluding hydrogens is 218 g/mol. The Balaban J connectivity index is 2.18. The van der Waals surface area contributed by atoms with Crippen LogP contribution in [0.25, 0.3) is 10.9 Å². The number of aromatic nitrogens is 2. The number of H-pyrrole nitrogens is 1. The van der Waals surface area contributed by atoms with Gasteiger partial charge in [0.1, 0.15) is 12.4 Å². The third-order valence-electron chi connectivity index (χ3n) is 2.42. The zero-order chi connectivity index (χ0) is 12.3. The van der Waals surface area contributed by atoms with Gasteiger partial charge in [-0.3, -0.25) is 4.79 Å². The number of nitrogens with zero attached hydrogens (tertiary/aromatic N) is 2. The number of rotatable bonds is 4. The van der Waals surface area contributed by atoms with E-state index in [1.165, 1.54) is 6.33 Å². The van der Waals surface area contributed by atoms with Crippen molar-refractivity contribution in [1.29, 1.82) is 0 Å². The van der Waals surface area contributed by atoms with Crippen molar-refractivity contribution in [1.82, 2.24) is 14.9 Å². The van der Waals surface area contributed by atoms with Crippen LogP contribution in [0.1, 0.15) is 0 Å². The third-order valence-corrected chi connectivity index (χ3v) is 2.42. The van der Waals surface area contributed by atoms with Crippen LogP contribution in [0.3, 0.4) is 0 Å². The first-order chi connectivity index (χ1) is 8.16. The number of ether oxygens (including phenoxy) is 1. The minimum Gasteiger partial charge on any atom is -0.492 e. The Morgan fingerprint density at radius 3 is 3.00 bits per heavy atom. The van der Waals surface area contributed by atoms with Crippen LogP contribution in [0.2, 0.25) is 0 Å². The van der Waals surface area contributed by atoms with E-state index in [9.17, 15) is 4.79 Å². The molecule has 90 valence electrons. The molecule has 2 rings (SSSR count). The number of likely N-dealkylation sites (N-methyl/N-ethyl adjacent to an activating group) is 1. The second-order valence-electron chi connectivity index (χ2n) is 4.06. The molecular formula is C12H15N3O2. The van der Waals surface area contributed by atoms with E-state index in [-0.39, 0.29) is 5.56 Å². The van der Waals surface area contributed by atoms with Crippen molar-refractivity contribution in [3.05, 3.63) is 34.9 Å². The van der Waals surface area contributed by atoms with E-state index >= 15 is 0 Å². The monoisotopic (exact) mass is 233 g/mol. The molecule has 0 bridgehead atoms. The van der Waals surface area contributed by atoms with Gasteiger partial charge in [0.05, 0.1) is 17.2 Å². The molecule has 1 aromatic carbocycles. The van der Waals surface area contributed by atoms with E-state index in [0.717, 1.165) is 12.3 Å². The van der Waals surface area contributed by atoms with Crippen molar-refractivity contribution < 1.29 is 4.74 Å². The van der Waals surface area contributed by atoms with Gasteiger partial charge in [-0.15, -0.1) is 0 Å². The quantitative estimate of drug-likeness (QED) is 0.851. The van der Waals surface area contributed by atoms with Crippen LogP contribution in [0.4, 0.5) is 0 Å². The summed E-state index contributed by atoms with van der Waals surface area (Å²) >= 11 is 0. The molecule has 0 amide bonds. The highest BCUT2D eigenvalue weighted by atomic mass is 16.5. The molecule has 5 heteroatoms. The van der Waals surface area contributed by atoms with E-state index < -0.39 is 0 Å². The van der Waals surface area contributed by atoms with Gasteiger partial charge in [0.25, 0.3) is 5.56 Å².